The minimum Gasteiger partial charge on any atom is -0.480 e. The summed E-state index contributed by atoms with van der Waals surface area (Å²) in [7, 11) is 0. The first-order chi connectivity index (χ1) is 8.61. The number of thioether (sulfide) groups is 2. The van der Waals surface area contributed by atoms with Gasteiger partial charge in [-0.1, -0.05) is 36.5 Å². The molecule has 0 aromatic rings. The van der Waals surface area contributed by atoms with Crippen LogP contribution in [0, 0.1) is 0 Å². The van der Waals surface area contributed by atoms with Crippen molar-refractivity contribution >= 4 is 35.5 Å². The second kappa shape index (κ2) is 11.4. The molecule has 0 bridgehead atoms. The predicted octanol–water partition coefficient (Wildman–Crippen LogP) is 2.84. The Kier molecular flexibility index (Phi) is 11.8. The van der Waals surface area contributed by atoms with Crippen LogP contribution in [0.3, 0.4) is 0 Å². The van der Waals surface area contributed by atoms with Crippen molar-refractivity contribution in [2.75, 3.05) is 0 Å². The van der Waals surface area contributed by atoms with E-state index in [4.69, 9.17) is 10.2 Å². The highest BCUT2D eigenvalue weighted by atomic mass is 32.2. The molecule has 0 saturated heterocycles. The van der Waals surface area contributed by atoms with Crippen LogP contribution in [0.2, 0.25) is 0 Å². The summed E-state index contributed by atoms with van der Waals surface area (Å²) in [6, 6.07) is 0. The van der Waals surface area contributed by atoms with Crippen LogP contribution in [0.4, 0.5) is 0 Å². The van der Waals surface area contributed by atoms with Crippen molar-refractivity contribution in [2.24, 2.45) is 0 Å². The van der Waals surface area contributed by atoms with Gasteiger partial charge in [0.2, 0.25) is 0 Å². The van der Waals surface area contributed by atoms with E-state index in [9.17, 15) is 9.59 Å². The van der Waals surface area contributed by atoms with Crippen LogP contribution in [-0.2, 0) is 9.59 Å². The summed E-state index contributed by atoms with van der Waals surface area (Å²) in [4.78, 5) is 20.5. The Balaban J connectivity index is 0. The summed E-state index contributed by atoms with van der Waals surface area (Å²) in [6.07, 6.45) is 10.5. The summed E-state index contributed by atoms with van der Waals surface area (Å²) >= 11 is 2.61. The van der Waals surface area contributed by atoms with E-state index in [1.54, 1.807) is 35.1 Å². The van der Waals surface area contributed by atoms with Crippen molar-refractivity contribution in [2.45, 2.75) is 10.5 Å². The number of hydrogen-bond donors (Lipinski definition) is 4. The molecule has 2 aliphatic rings. The average molecular weight is 318 g/mol. The molecule has 0 spiro atoms. The van der Waals surface area contributed by atoms with Crippen molar-refractivity contribution < 1.29 is 19.8 Å². The second-order valence-electron chi connectivity index (χ2n) is 3.22. The van der Waals surface area contributed by atoms with E-state index in [-0.39, 0.29) is 22.8 Å². The lowest BCUT2D eigenvalue weighted by molar-refractivity contribution is -0.136. The molecule has 20 heavy (non-hydrogen) atoms. The standard InChI is InChI=1S/2C6H6O2S.2H3N/c2*7-6(8)5-3-1-2-4-9-5;;/h2*1-5H,(H,7,8);2*1H3. The average Bonchev–Trinajstić information content (AvgIpc) is 2.41. The summed E-state index contributed by atoms with van der Waals surface area (Å²) in [5.74, 6) is -1.55. The Hall–Kier alpha value is -1.48. The van der Waals surface area contributed by atoms with Gasteiger partial charge in [0.1, 0.15) is 10.5 Å². The molecule has 0 aliphatic carbocycles. The smallest absolute Gasteiger partial charge is 0.320 e. The molecular formula is C12H18N2O4S2. The first-order valence-electron chi connectivity index (χ1n) is 5.04. The zero-order chi connectivity index (χ0) is 13.4. The van der Waals surface area contributed by atoms with Gasteiger partial charge in [0.25, 0.3) is 0 Å². The number of hydrogen-bond acceptors (Lipinski definition) is 6. The fourth-order valence-corrected chi connectivity index (χ4v) is 2.35. The topological polar surface area (TPSA) is 145 Å². The van der Waals surface area contributed by atoms with Crippen LogP contribution >= 0.6 is 23.5 Å². The molecule has 0 fully saturated rings. The maximum atomic E-state index is 10.2. The third kappa shape index (κ3) is 7.85. The summed E-state index contributed by atoms with van der Waals surface area (Å²) in [5.41, 5.74) is 0. The minimum atomic E-state index is -0.777. The molecule has 2 rings (SSSR count). The fourth-order valence-electron chi connectivity index (χ4n) is 1.05. The van der Waals surface area contributed by atoms with Crippen molar-refractivity contribution in [3.8, 4) is 0 Å². The monoisotopic (exact) mass is 318 g/mol. The molecule has 2 atom stereocenters. The summed E-state index contributed by atoms with van der Waals surface area (Å²) in [6.45, 7) is 0. The molecule has 2 aliphatic heterocycles. The van der Waals surface area contributed by atoms with Crippen molar-refractivity contribution in [1.29, 1.82) is 0 Å². The lowest BCUT2D eigenvalue weighted by atomic mass is 10.3. The Morgan fingerprint density at radius 1 is 0.750 bits per heavy atom. The van der Waals surface area contributed by atoms with Gasteiger partial charge in [-0.15, -0.1) is 23.5 Å². The van der Waals surface area contributed by atoms with Crippen molar-refractivity contribution in [3.05, 3.63) is 47.3 Å². The highest BCUT2D eigenvalue weighted by Crippen LogP contribution is 2.18. The van der Waals surface area contributed by atoms with E-state index in [0.29, 0.717) is 0 Å². The number of rotatable bonds is 2. The van der Waals surface area contributed by atoms with E-state index in [0.717, 1.165) is 0 Å². The quantitative estimate of drug-likeness (QED) is 0.608. The summed E-state index contributed by atoms with van der Waals surface area (Å²) < 4.78 is 0. The van der Waals surface area contributed by atoms with Crippen LogP contribution in [0.15, 0.2) is 47.3 Å². The molecule has 0 radical (unpaired) electrons. The van der Waals surface area contributed by atoms with Gasteiger partial charge in [-0.2, -0.15) is 0 Å². The van der Waals surface area contributed by atoms with Gasteiger partial charge in [0.05, 0.1) is 0 Å². The third-order valence-electron chi connectivity index (χ3n) is 1.89. The first kappa shape index (κ1) is 20.8. The Morgan fingerprint density at radius 2 is 1.10 bits per heavy atom. The van der Waals surface area contributed by atoms with E-state index in [1.165, 1.54) is 23.5 Å². The van der Waals surface area contributed by atoms with E-state index in [2.05, 4.69) is 0 Å². The SMILES string of the molecule is N.N.O=C(O)C1C=CC=CS1.O=C(O)C1C=CC=CS1. The zero-order valence-corrected chi connectivity index (χ0v) is 12.3. The van der Waals surface area contributed by atoms with Gasteiger partial charge in [0, 0.05) is 0 Å². The van der Waals surface area contributed by atoms with E-state index in [1.807, 2.05) is 12.2 Å². The van der Waals surface area contributed by atoms with Gasteiger partial charge < -0.3 is 22.5 Å². The van der Waals surface area contributed by atoms with Gasteiger partial charge >= 0.3 is 11.9 Å². The summed E-state index contributed by atoms with van der Waals surface area (Å²) in [5, 5.41) is 19.7. The molecule has 2 heterocycles. The van der Waals surface area contributed by atoms with Gasteiger partial charge in [-0.3, -0.25) is 9.59 Å². The molecule has 0 aromatic heterocycles. The van der Waals surface area contributed by atoms with Crippen LogP contribution in [-0.4, -0.2) is 32.7 Å². The minimum absolute atomic E-state index is 0. The highest BCUT2D eigenvalue weighted by Gasteiger charge is 2.13. The number of carboxylic acid groups (broad SMARTS) is 2. The maximum Gasteiger partial charge on any atom is 0.320 e. The molecule has 2 unspecified atom stereocenters. The maximum absolute atomic E-state index is 10.2. The Labute approximate surface area is 125 Å². The predicted molar refractivity (Wildman–Crippen MR) is 84.6 cm³/mol. The van der Waals surface area contributed by atoms with Gasteiger partial charge in [0.15, 0.2) is 0 Å². The Bertz CT molecular complexity index is 393. The lowest BCUT2D eigenvalue weighted by Crippen LogP contribution is -2.12. The molecular weight excluding hydrogens is 300 g/mol. The fraction of sp³-hybridized carbons (Fsp3) is 0.167. The van der Waals surface area contributed by atoms with E-state index >= 15 is 0 Å². The number of allylic oxidation sites excluding steroid dienone is 4. The number of aliphatic carboxylic acids is 2. The highest BCUT2D eigenvalue weighted by molar-refractivity contribution is 8.03. The second-order valence-corrected chi connectivity index (χ2v) is 5.32. The molecule has 6 nitrogen and oxygen atoms in total. The molecule has 0 saturated carbocycles. The molecule has 0 amide bonds. The Morgan fingerprint density at radius 3 is 1.25 bits per heavy atom. The van der Waals surface area contributed by atoms with Gasteiger partial charge in [-0.25, -0.2) is 0 Å². The molecule has 112 valence electrons. The largest absolute Gasteiger partial charge is 0.480 e. The zero-order valence-electron chi connectivity index (χ0n) is 10.7. The van der Waals surface area contributed by atoms with Crippen LogP contribution in [0.1, 0.15) is 0 Å². The number of carbonyl (C=O) groups is 2. The molecule has 8 heteroatoms. The lowest BCUT2D eigenvalue weighted by Gasteiger charge is -2.04. The van der Waals surface area contributed by atoms with Crippen LogP contribution < -0.4 is 12.3 Å². The van der Waals surface area contributed by atoms with Gasteiger partial charge in [-0.05, 0) is 10.8 Å². The molecule has 0 aromatic carbocycles. The first-order valence-corrected chi connectivity index (χ1v) is 6.93. The molecule has 8 N–H and O–H groups in total. The van der Waals surface area contributed by atoms with Crippen LogP contribution in [0.5, 0.6) is 0 Å². The van der Waals surface area contributed by atoms with Crippen molar-refractivity contribution in [1.82, 2.24) is 12.3 Å². The third-order valence-corrected chi connectivity index (χ3v) is 3.82. The van der Waals surface area contributed by atoms with Crippen molar-refractivity contribution in [3.63, 3.8) is 0 Å². The van der Waals surface area contributed by atoms with E-state index < -0.39 is 11.9 Å². The van der Waals surface area contributed by atoms with Crippen LogP contribution in [0.25, 0.3) is 0 Å². The number of carboxylic acids is 2. The normalized spacial score (nSPS) is 21.8.